The van der Waals surface area contributed by atoms with Gasteiger partial charge >= 0.3 is 0 Å². The number of fused-ring (bicyclic) bond motifs is 1. The van der Waals surface area contributed by atoms with Crippen LogP contribution in [0, 0.1) is 11.6 Å². The molecule has 3 rings (SSSR count). The third-order valence-electron chi connectivity index (χ3n) is 3.63. The molecule has 3 aromatic rings. The van der Waals surface area contributed by atoms with E-state index in [1.807, 2.05) is 42.5 Å². The molecule has 1 unspecified atom stereocenters. The van der Waals surface area contributed by atoms with Crippen molar-refractivity contribution in [1.82, 2.24) is 0 Å². The first-order chi connectivity index (χ1) is 10.2. The monoisotopic (exact) mass is 284 g/mol. The summed E-state index contributed by atoms with van der Waals surface area (Å²) >= 11 is 0. The van der Waals surface area contributed by atoms with Gasteiger partial charge in [0, 0.05) is 6.42 Å². The molecule has 0 spiro atoms. The zero-order chi connectivity index (χ0) is 14.8. The fraction of sp³-hybridized carbons (Fsp3) is 0.111. The van der Waals surface area contributed by atoms with Gasteiger partial charge in [-0.25, -0.2) is 8.78 Å². The van der Waals surface area contributed by atoms with Crippen LogP contribution >= 0.6 is 0 Å². The predicted octanol–water partition coefficient (Wildman–Crippen LogP) is 4.39. The van der Waals surface area contributed by atoms with Gasteiger partial charge in [0.2, 0.25) is 0 Å². The summed E-state index contributed by atoms with van der Waals surface area (Å²) in [7, 11) is 0. The van der Waals surface area contributed by atoms with Crippen molar-refractivity contribution in [2.75, 3.05) is 0 Å². The van der Waals surface area contributed by atoms with Crippen LogP contribution in [0.1, 0.15) is 17.2 Å². The van der Waals surface area contributed by atoms with Crippen LogP contribution in [0.3, 0.4) is 0 Å². The van der Waals surface area contributed by atoms with Crippen molar-refractivity contribution in [3.63, 3.8) is 0 Å². The summed E-state index contributed by atoms with van der Waals surface area (Å²) in [5.41, 5.74) is 0.896. The molecular weight excluding hydrogens is 270 g/mol. The molecular formula is C18H14F2O. The van der Waals surface area contributed by atoms with Crippen molar-refractivity contribution in [3.8, 4) is 0 Å². The Morgan fingerprint density at radius 1 is 0.857 bits per heavy atom. The number of aliphatic hydroxyl groups excluding tert-OH is 1. The van der Waals surface area contributed by atoms with Gasteiger partial charge in [-0.15, -0.1) is 0 Å². The fourth-order valence-corrected chi connectivity index (χ4v) is 2.57. The first-order valence-electron chi connectivity index (χ1n) is 6.75. The van der Waals surface area contributed by atoms with E-state index < -0.39 is 17.7 Å². The standard InChI is InChI=1S/C18H14F2O/c19-16-10-4-7-13(18(16)20)11-17(21)15-9-3-6-12-5-1-2-8-14(12)15/h1-10,17,21H,11H2. The molecule has 3 aromatic carbocycles. The van der Waals surface area contributed by atoms with Crippen molar-refractivity contribution in [1.29, 1.82) is 0 Å². The van der Waals surface area contributed by atoms with Crippen LogP contribution in [0.15, 0.2) is 60.7 Å². The maximum atomic E-state index is 13.7. The van der Waals surface area contributed by atoms with Crippen LogP contribution in [0.5, 0.6) is 0 Å². The summed E-state index contributed by atoms with van der Waals surface area (Å²) in [6.07, 6.45) is -0.843. The maximum absolute atomic E-state index is 13.7. The van der Waals surface area contributed by atoms with Crippen LogP contribution in [0.4, 0.5) is 8.78 Å². The molecule has 0 radical (unpaired) electrons. The van der Waals surface area contributed by atoms with E-state index in [9.17, 15) is 13.9 Å². The van der Waals surface area contributed by atoms with Gasteiger partial charge in [-0.3, -0.25) is 0 Å². The number of hydrogen-bond donors (Lipinski definition) is 1. The Hall–Kier alpha value is -2.26. The van der Waals surface area contributed by atoms with Gasteiger partial charge in [-0.05, 0) is 28.0 Å². The minimum Gasteiger partial charge on any atom is -0.388 e. The molecule has 0 fully saturated rings. The van der Waals surface area contributed by atoms with Crippen molar-refractivity contribution in [2.24, 2.45) is 0 Å². The molecule has 0 saturated heterocycles. The normalized spacial score (nSPS) is 12.5. The van der Waals surface area contributed by atoms with Gasteiger partial charge in [-0.2, -0.15) is 0 Å². The van der Waals surface area contributed by atoms with Gasteiger partial charge in [-0.1, -0.05) is 54.6 Å². The van der Waals surface area contributed by atoms with E-state index in [0.29, 0.717) is 0 Å². The number of rotatable bonds is 3. The van der Waals surface area contributed by atoms with E-state index in [4.69, 9.17) is 0 Å². The molecule has 21 heavy (non-hydrogen) atoms. The molecule has 0 aromatic heterocycles. The predicted molar refractivity (Wildman–Crippen MR) is 79.0 cm³/mol. The van der Waals surface area contributed by atoms with Crippen LogP contribution in [-0.2, 0) is 6.42 Å². The lowest BCUT2D eigenvalue weighted by atomic mass is 9.96. The summed E-state index contributed by atoms with van der Waals surface area (Å²) in [5, 5.41) is 12.3. The van der Waals surface area contributed by atoms with Crippen molar-refractivity contribution < 1.29 is 13.9 Å². The number of benzene rings is 3. The average molecular weight is 284 g/mol. The van der Waals surface area contributed by atoms with Gasteiger partial charge in [0.25, 0.3) is 0 Å². The van der Waals surface area contributed by atoms with E-state index in [2.05, 4.69) is 0 Å². The summed E-state index contributed by atoms with van der Waals surface area (Å²) < 4.78 is 26.9. The van der Waals surface area contributed by atoms with E-state index in [0.717, 1.165) is 22.4 Å². The van der Waals surface area contributed by atoms with Gasteiger partial charge < -0.3 is 5.11 Å². The SMILES string of the molecule is OC(Cc1cccc(F)c1F)c1cccc2ccccc12. The Kier molecular flexibility index (Phi) is 3.67. The molecule has 1 N–H and O–H groups in total. The summed E-state index contributed by atoms with van der Waals surface area (Å²) in [6, 6.07) is 17.3. The quantitative estimate of drug-likeness (QED) is 0.756. The summed E-state index contributed by atoms with van der Waals surface area (Å²) in [4.78, 5) is 0. The highest BCUT2D eigenvalue weighted by Crippen LogP contribution is 2.27. The topological polar surface area (TPSA) is 20.2 Å². The molecule has 1 nitrogen and oxygen atoms in total. The Morgan fingerprint density at radius 3 is 2.43 bits per heavy atom. The van der Waals surface area contributed by atoms with E-state index in [1.165, 1.54) is 12.1 Å². The highest BCUT2D eigenvalue weighted by Gasteiger charge is 2.15. The molecule has 1 atom stereocenters. The number of halogens is 2. The zero-order valence-electron chi connectivity index (χ0n) is 11.3. The Labute approximate surface area is 121 Å². The van der Waals surface area contributed by atoms with E-state index in [1.54, 1.807) is 0 Å². The Balaban J connectivity index is 1.97. The van der Waals surface area contributed by atoms with Crippen molar-refractivity contribution in [3.05, 3.63) is 83.4 Å². The van der Waals surface area contributed by atoms with Crippen molar-refractivity contribution in [2.45, 2.75) is 12.5 Å². The van der Waals surface area contributed by atoms with Gasteiger partial charge in [0.05, 0.1) is 6.10 Å². The van der Waals surface area contributed by atoms with E-state index >= 15 is 0 Å². The lowest BCUT2D eigenvalue weighted by Gasteiger charge is -2.14. The summed E-state index contributed by atoms with van der Waals surface area (Å²) in [5.74, 6) is -1.78. The van der Waals surface area contributed by atoms with Gasteiger partial charge in [0.1, 0.15) is 0 Å². The average Bonchev–Trinajstić information content (AvgIpc) is 2.51. The maximum Gasteiger partial charge on any atom is 0.162 e. The van der Waals surface area contributed by atoms with E-state index in [-0.39, 0.29) is 12.0 Å². The molecule has 0 heterocycles. The lowest BCUT2D eigenvalue weighted by molar-refractivity contribution is 0.178. The highest BCUT2D eigenvalue weighted by molar-refractivity contribution is 5.86. The summed E-state index contributed by atoms with van der Waals surface area (Å²) in [6.45, 7) is 0. The molecule has 106 valence electrons. The second kappa shape index (κ2) is 5.62. The Morgan fingerprint density at radius 2 is 1.57 bits per heavy atom. The molecule has 0 saturated carbocycles. The first kappa shape index (κ1) is 13.7. The van der Waals surface area contributed by atoms with Crippen LogP contribution in [-0.4, -0.2) is 5.11 Å². The largest absolute Gasteiger partial charge is 0.388 e. The third-order valence-corrected chi connectivity index (χ3v) is 3.63. The first-order valence-corrected chi connectivity index (χ1v) is 6.75. The molecule has 0 bridgehead atoms. The molecule has 0 aliphatic heterocycles. The second-order valence-corrected chi connectivity index (χ2v) is 5.00. The lowest BCUT2D eigenvalue weighted by Crippen LogP contribution is -2.05. The second-order valence-electron chi connectivity index (χ2n) is 5.00. The highest BCUT2D eigenvalue weighted by atomic mass is 19.2. The molecule has 3 heteroatoms. The number of aliphatic hydroxyl groups is 1. The molecule has 0 amide bonds. The van der Waals surface area contributed by atoms with Crippen LogP contribution in [0.25, 0.3) is 10.8 Å². The number of hydrogen-bond acceptors (Lipinski definition) is 1. The minimum absolute atomic E-state index is 0.0393. The van der Waals surface area contributed by atoms with Crippen LogP contribution in [0.2, 0.25) is 0 Å². The fourth-order valence-electron chi connectivity index (χ4n) is 2.57. The Bertz CT molecular complexity index is 778. The smallest absolute Gasteiger partial charge is 0.162 e. The molecule has 0 aliphatic rings. The minimum atomic E-state index is -0.892. The van der Waals surface area contributed by atoms with Crippen molar-refractivity contribution >= 4 is 10.8 Å². The van der Waals surface area contributed by atoms with Crippen LogP contribution < -0.4 is 0 Å². The third kappa shape index (κ3) is 2.65. The molecule has 0 aliphatic carbocycles. The zero-order valence-corrected chi connectivity index (χ0v) is 11.3. The van der Waals surface area contributed by atoms with Gasteiger partial charge in [0.15, 0.2) is 11.6 Å².